The number of hydrogen-bond donors (Lipinski definition) is 3. The Hall–Kier alpha value is -5.09. The van der Waals surface area contributed by atoms with E-state index < -0.39 is 48.3 Å². The van der Waals surface area contributed by atoms with Crippen LogP contribution in [0.4, 0.5) is 9.59 Å². The summed E-state index contributed by atoms with van der Waals surface area (Å²) in [6.45, 7) is 3.95. The Labute approximate surface area is 332 Å². The number of carbonyl (C=O) groups is 5. The molecule has 6 rings (SSSR count). The van der Waals surface area contributed by atoms with Crippen LogP contribution in [0.2, 0.25) is 0 Å². The summed E-state index contributed by atoms with van der Waals surface area (Å²) in [6, 6.07) is 13.9. The lowest BCUT2D eigenvalue weighted by Gasteiger charge is -2.47. The topological polar surface area (TPSA) is 189 Å². The number of ether oxygens (including phenoxy) is 7. The SMILES string of the molecule is CCOC(=O)[C@H](Cc1ccccc1)NC(=O)CCC1CC(OC(=O)NCc2ccc3c(c2)OCO3)CC2(CCCC(COC(=O)NCCCN3CCCC3=O)O2)O1. The van der Waals surface area contributed by atoms with Gasteiger partial charge in [-0.2, -0.15) is 0 Å². The zero-order valence-electron chi connectivity index (χ0n) is 32.5. The van der Waals surface area contributed by atoms with Crippen LogP contribution in [0.15, 0.2) is 48.5 Å². The maximum atomic E-state index is 13.3. The molecule has 5 atom stereocenters. The fourth-order valence-electron chi connectivity index (χ4n) is 7.65. The number of carbonyl (C=O) groups excluding carboxylic acids is 5. The van der Waals surface area contributed by atoms with E-state index in [2.05, 4.69) is 16.0 Å². The summed E-state index contributed by atoms with van der Waals surface area (Å²) >= 11 is 0. The van der Waals surface area contributed by atoms with Crippen LogP contribution in [0, 0.1) is 0 Å². The second-order valence-corrected chi connectivity index (χ2v) is 14.8. The van der Waals surface area contributed by atoms with Crippen LogP contribution in [0.25, 0.3) is 0 Å². The average Bonchev–Trinajstić information content (AvgIpc) is 3.85. The molecule has 4 amide bonds. The van der Waals surface area contributed by atoms with Crippen molar-refractivity contribution >= 4 is 30.0 Å². The second kappa shape index (κ2) is 20.4. The fourth-order valence-corrected chi connectivity index (χ4v) is 7.65. The molecule has 2 aromatic rings. The molecule has 4 aliphatic heterocycles. The summed E-state index contributed by atoms with van der Waals surface area (Å²) in [5.41, 5.74) is 1.69. The summed E-state index contributed by atoms with van der Waals surface area (Å²) in [5.74, 6) is -0.612. The number of nitrogens with one attached hydrogen (secondary N) is 3. The van der Waals surface area contributed by atoms with Crippen molar-refractivity contribution in [2.75, 3.05) is 39.6 Å². The summed E-state index contributed by atoms with van der Waals surface area (Å²) in [7, 11) is 0. The quantitative estimate of drug-likeness (QED) is 0.117. The van der Waals surface area contributed by atoms with Crippen molar-refractivity contribution in [3.63, 3.8) is 0 Å². The molecule has 0 aromatic heterocycles. The molecule has 4 aliphatic rings. The van der Waals surface area contributed by atoms with E-state index in [0.29, 0.717) is 63.1 Å². The third kappa shape index (κ3) is 12.4. The standard InChI is InChI=1S/C41H54N4O12/c1-2-51-38(48)33(21-28-9-4-3-5-10-28)44-36(46)16-14-30-23-32(55-40(50)43-25-29-13-15-34-35(22-29)54-27-53-34)24-41(56-30)17-6-11-31(57-41)26-52-39(49)42-18-8-20-45-19-7-12-37(45)47/h3-5,9-10,13,15,22,30-33H,2,6-8,11-12,14,16-21,23-27H2,1H3,(H,42,49)(H,43,50)(H,44,46)/t30?,31?,32?,33-,41?/m0/s1. The molecule has 4 unspecified atom stereocenters. The Morgan fingerprint density at radius 2 is 1.77 bits per heavy atom. The maximum Gasteiger partial charge on any atom is 0.407 e. The fraction of sp³-hybridized carbons (Fsp3) is 0.585. The van der Waals surface area contributed by atoms with Crippen molar-refractivity contribution in [2.24, 2.45) is 0 Å². The molecular weight excluding hydrogens is 740 g/mol. The highest BCUT2D eigenvalue weighted by Crippen LogP contribution is 2.41. The first-order valence-electron chi connectivity index (χ1n) is 20.0. The van der Waals surface area contributed by atoms with Gasteiger partial charge in [0.25, 0.3) is 0 Å². The van der Waals surface area contributed by atoms with Crippen LogP contribution < -0.4 is 25.4 Å². The highest BCUT2D eigenvalue weighted by Gasteiger charge is 2.47. The van der Waals surface area contributed by atoms with Crippen LogP contribution >= 0.6 is 0 Å². The molecule has 3 fully saturated rings. The van der Waals surface area contributed by atoms with Crippen LogP contribution in [-0.4, -0.2) is 105 Å². The van der Waals surface area contributed by atoms with Crippen molar-refractivity contribution in [2.45, 2.75) is 114 Å². The lowest BCUT2D eigenvalue weighted by atomic mass is 9.90. The van der Waals surface area contributed by atoms with Gasteiger partial charge >= 0.3 is 18.2 Å². The zero-order valence-corrected chi connectivity index (χ0v) is 32.5. The average molecular weight is 795 g/mol. The van der Waals surface area contributed by atoms with Gasteiger partial charge in [-0.3, -0.25) is 9.59 Å². The summed E-state index contributed by atoms with van der Waals surface area (Å²) in [4.78, 5) is 65.4. The molecule has 3 N–H and O–H groups in total. The van der Waals surface area contributed by atoms with E-state index in [1.807, 2.05) is 36.4 Å². The van der Waals surface area contributed by atoms with Crippen LogP contribution in [0.3, 0.4) is 0 Å². The molecule has 0 radical (unpaired) electrons. The molecule has 4 heterocycles. The van der Waals surface area contributed by atoms with Gasteiger partial charge < -0.3 is 54.0 Å². The molecule has 0 bridgehead atoms. The number of fused-ring (bicyclic) bond motifs is 1. The number of alkyl carbamates (subject to hydrolysis) is 2. The van der Waals surface area contributed by atoms with Gasteiger partial charge in [0.2, 0.25) is 18.6 Å². The van der Waals surface area contributed by atoms with E-state index in [4.69, 9.17) is 33.2 Å². The van der Waals surface area contributed by atoms with Crippen molar-refractivity contribution in [1.29, 1.82) is 0 Å². The Bertz CT molecular complexity index is 1690. The molecule has 0 saturated carbocycles. The molecule has 3 saturated heterocycles. The summed E-state index contributed by atoms with van der Waals surface area (Å²) in [5, 5.41) is 8.38. The summed E-state index contributed by atoms with van der Waals surface area (Å²) in [6.07, 6.45) is 2.23. The van der Waals surface area contributed by atoms with E-state index >= 15 is 0 Å². The van der Waals surface area contributed by atoms with E-state index in [1.54, 1.807) is 24.0 Å². The normalized spacial score (nSPS) is 23.1. The van der Waals surface area contributed by atoms with Gasteiger partial charge in [0.05, 0.1) is 18.8 Å². The second-order valence-electron chi connectivity index (χ2n) is 14.8. The first-order valence-corrected chi connectivity index (χ1v) is 20.0. The number of esters is 1. The molecular formula is C41H54N4O12. The monoisotopic (exact) mass is 794 g/mol. The summed E-state index contributed by atoms with van der Waals surface area (Å²) < 4.78 is 40.6. The number of amides is 4. The Balaban J connectivity index is 1.04. The first-order chi connectivity index (χ1) is 27.7. The Morgan fingerprint density at radius 1 is 0.947 bits per heavy atom. The van der Waals surface area contributed by atoms with Gasteiger partial charge in [-0.15, -0.1) is 0 Å². The van der Waals surface area contributed by atoms with Gasteiger partial charge in [0.1, 0.15) is 18.8 Å². The molecule has 16 nitrogen and oxygen atoms in total. The first kappa shape index (κ1) is 41.5. The van der Waals surface area contributed by atoms with Gasteiger partial charge in [0, 0.05) is 64.7 Å². The number of nitrogens with zero attached hydrogens (tertiary/aromatic N) is 1. The molecule has 16 heteroatoms. The minimum atomic E-state index is -1.15. The molecule has 310 valence electrons. The molecule has 0 aliphatic carbocycles. The van der Waals surface area contributed by atoms with Crippen LogP contribution in [0.1, 0.15) is 82.3 Å². The smallest absolute Gasteiger partial charge is 0.407 e. The van der Waals surface area contributed by atoms with E-state index in [-0.39, 0.29) is 64.0 Å². The van der Waals surface area contributed by atoms with Crippen LogP contribution in [0.5, 0.6) is 11.5 Å². The Morgan fingerprint density at radius 3 is 2.58 bits per heavy atom. The minimum absolute atomic E-state index is 0.00711. The molecule has 1 spiro atoms. The van der Waals surface area contributed by atoms with Crippen molar-refractivity contribution < 1.29 is 57.1 Å². The number of likely N-dealkylation sites (tertiary alicyclic amines) is 1. The lowest BCUT2D eigenvalue weighted by Crippen LogP contribution is -2.54. The van der Waals surface area contributed by atoms with Gasteiger partial charge in [-0.05, 0) is 62.3 Å². The van der Waals surface area contributed by atoms with E-state index in [9.17, 15) is 24.0 Å². The number of benzene rings is 2. The third-order valence-corrected chi connectivity index (χ3v) is 10.4. The molecule has 57 heavy (non-hydrogen) atoms. The predicted octanol–water partition coefficient (Wildman–Crippen LogP) is 4.26. The maximum absolute atomic E-state index is 13.3. The third-order valence-electron chi connectivity index (χ3n) is 10.4. The van der Waals surface area contributed by atoms with E-state index in [0.717, 1.165) is 24.1 Å². The van der Waals surface area contributed by atoms with Gasteiger partial charge in [-0.25, -0.2) is 14.4 Å². The van der Waals surface area contributed by atoms with Crippen molar-refractivity contribution in [3.05, 3.63) is 59.7 Å². The van der Waals surface area contributed by atoms with E-state index in [1.165, 1.54) is 0 Å². The Kier molecular flexibility index (Phi) is 14.8. The molecule has 2 aromatic carbocycles. The predicted molar refractivity (Wildman–Crippen MR) is 203 cm³/mol. The minimum Gasteiger partial charge on any atom is -0.464 e. The highest BCUT2D eigenvalue weighted by atomic mass is 16.7. The van der Waals surface area contributed by atoms with Gasteiger partial charge in [0.15, 0.2) is 17.3 Å². The van der Waals surface area contributed by atoms with Crippen LogP contribution in [-0.2, 0) is 51.0 Å². The lowest BCUT2D eigenvalue weighted by molar-refractivity contribution is -0.329. The van der Waals surface area contributed by atoms with Crippen molar-refractivity contribution in [1.82, 2.24) is 20.9 Å². The van der Waals surface area contributed by atoms with Crippen molar-refractivity contribution in [3.8, 4) is 11.5 Å². The highest BCUT2D eigenvalue weighted by molar-refractivity contribution is 5.84. The number of rotatable bonds is 17. The van der Waals surface area contributed by atoms with Gasteiger partial charge in [-0.1, -0.05) is 36.4 Å². The largest absolute Gasteiger partial charge is 0.464 e. The number of hydrogen-bond acceptors (Lipinski definition) is 12. The zero-order chi connectivity index (χ0) is 40.0.